The SMILES string of the molecule is CCOC(=O)C(C)(C)c1ncc(OC(F)(F)F)cn1. The van der Waals surface area contributed by atoms with Gasteiger partial charge in [-0.2, -0.15) is 0 Å². The molecule has 8 heteroatoms. The van der Waals surface area contributed by atoms with Gasteiger partial charge in [0.05, 0.1) is 19.0 Å². The quantitative estimate of drug-likeness (QED) is 0.790. The molecule has 0 saturated carbocycles. The summed E-state index contributed by atoms with van der Waals surface area (Å²) in [6, 6.07) is 0. The largest absolute Gasteiger partial charge is 0.573 e. The molecule has 1 aromatic heterocycles. The summed E-state index contributed by atoms with van der Waals surface area (Å²) in [5.41, 5.74) is -1.15. The second kappa shape index (κ2) is 5.41. The second-order valence-corrected chi connectivity index (χ2v) is 4.14. The molecule has 0 amide bonds. The van der Waals surface area contributed by atoms with Crippen LogP contribution in [0.5, 0.6) is 5.75 Å². The zero-order chi connectivity index (χ0) is 14.7. The van der Waals surface area contributed by atoms with Crippen LogP contribution >= 0.6 is 0 Å². The molecule has 0 aliphatic rings. The molecule has 1 rings (SSSR count). The van der Waals surface area contributed by atoms with Crippen LogP contribution in [0.1, 0.15) is 26.6 Å². The van der Waals surface area contributed by atoms with Gasteiger partial charge in [-0.1, -0.05) is 0 Å². The van der Waals surface area contributed by atoms with Crippen molar-refractivity contribution in [3.05, 3.63) is 18.2 Å². The highest BCUT2D eigenvalue weighted by Crippen LogP contribution is 2.24. The first-order valence-corrected chi connectivity index (χ1v) is 5.42. The van der Waals surface area contributed by atoms with Crippen molar-refractivity contribution in [1.82, 2.24) is 9.97 Å². The molecule has 0 radical (unpaired) electrons. The van der Waals surface area contributed by atoms with Gasteiger partial charge in [0.15, 0.2) is 5.75 Å². The number of aromatic nitrogens is 2. The Balaban J connectivity index is 2.89. The van der Waals surface area contributed by atoms with E-state index >= 15 is 0 Å². The molecule has 0 aliphatic heterocycles. The number of carbonyl (C=O) groups excluding carboxylic acids is 1. The standard InChI is InChI=1S/C11H13F3N2O3/c1-4-18-9(17)10(2,3)8-15-5-7(6-16-8)19-11(12,13)14/h5-6H,4H2,1-3H3. The van der Waals surface area contributed by atoms with Crippen LogP contribution in [0.4, 0.5) is 13.2 Å². The predicted octanol–water partition coefficient (Wildman–Crippen LogP) is 2.22. The molecule has 1 aromatic rings. The van der Waals surface area contributed by atoms with Crippen LogP contribution in [0.3, 0.4) is 0 Å². The Morgan fingerprint density at radius 1 is 1.26 bits per heavy atom. The zero-order valence-corrected chi connectivity index (χ0v) is 10.6. The van der Waals surface area contributed by atoms with Gasteiger partial charge in [-0.05, 0) is 20.8 Å². The smallest absolute Gasteiger partial charge is 0.465 e. The highest BCUT2D eigenvalue weighted by molar-refractivity contribution is 5.80. The predicted molar refractivity (Wildman–Crippen MR) is 58.4 cm³/mol. The third kappa shape index (κ3) is 4.08. The molecular formula is C11H13F3N2O3. The number of esters is 1. The number of ether oxygens (including phenoxy) is 2. The third-order valence-electron chi connectivity index (χ3n) is 2.21. The van der Waals surface area contributed by atoms with E-state index in [1.807, 2.05) is 0 Å². The van der Waals surface area contributed by atoms with Gasteiger partial charge in [0.2, 0.25) is 0 Å². The lowest BCUT2D eigenvalue weighted by atomic mass is 9.92. The van der Waals surface area contributed by atoms with E-state index in [-0.39, 0.29) is 12.4 Å². The van der Waals surface area contributed by atoms with Gasteiger partial charge >= 0.3 is 12.3 Å². The lowest BCUT2D eigenvalue weighted by Crippen LogP contribution is -2.33. The Labute approximate surface area is 107 Å². The Bertz CT molecular complexity index is 443. The first-order valence-electron chi connectivity index (χ1n) is 5.42. The van der Waals surface area contributed by atoms with Crippen LogP contribution in [0, 0.1) is 0 Å². The van der Waals surface area contributed by atoms with Crippen molar-refractivity contribution in [3.8, 4) is 5.75 Å². The fraction of sp³-hybridized carbons (Fsp3) is 0.545. The van der Waals surface area contributed by atoms with E-state index in [0.29, 0.717) is 0 Å². The monoisotopic (exact) mass is 278 g/mol. The second-order valence-electron chi connectivity index (χ2n) is 4.14. The topological polar surface area (TPSA) is 61.3 Å². The first-order chi connectivity index (χ1) is 8.66. The minimum atomic E-state index is -4.80. The van der Waals surface area contributed by atoms with Crippen molar-refractivity contribution >= 4 is 5.97 Å². The van der Waals surface area contributed by atoms with Crippen LogP contribution in [0.25, 0.3) is 0 Å². The highest BCUT2D eigenvalue weighted by atomic mass is 19.4. The van der Waals surface area contributed by atoms with Crippen molar-refractivity contribution in [1.29, 1.82) is 0 Å². The molecule has 0 spiro atoms. The summed E-state index contributed by atoms with van der Waals surface area (Å²) < 4.78 is 44.3. The van der Waals surface area contributed by atoms with E-state index in [1.54, 1.807) is 6.92 Å². The summed E-state index contributed by atoms with van der Waals surface area (Å²) in [4.78, 5) is 19.1. The maximum Gasteiger partial charge on any atom is 0.573 e. The fourth-order valence-corrected chi connectivity index (χ4v) is 1.23. The third-order valence-corrected chi connectivity index (χ3v) is 2.21. The fourth-order valence-electron chi connectivity index (χ4n) is 1.23. The van der Waals surface area contributed by atoms with E-state index in [2.05, 4.69) is 14.7 Å². The van der Waals surface area contributed by atoms with Gasteiger partial charge in [-0.15, -0.1) is 13.2 Å². The van der Waals surface area contributed by atoms with E-state index in [0.717, 1.165) is 12.4 Å². The van der Waals surface area contributed by atoms with Crippen LogP contribution in [0.2, 0.25) is 0 Å². The number of alkyl halides is 3. The van der Waals surface area contributed by atoms with Crippen molar-refractivity contribution in [3.63, 3.8) is 0 Å². The van der Waals surface area contributed by atoms with Gasteiger partial charge < -0.3 is 9.47 Å². The van der Waals surface area contributed by atoms with Gasteiger partial charge in [0.1, 0.15) is 11.2 Å². The maximum absolute atomic E-state index is 12.0. The van der Waals surface area contributed by atoms with Gasteiger partial charge in [0.25, 0.3) is 0 Å². The average molecular weight is 278 g/mol. The number of carbonyl (C=O) groups is 1. The number of hydrogen-bond donors (Lipinski definition) is 0. The molecule has 0 bridgehead atoms. The van der Waals surface area contributed by atoms with Crippen molar-refractivity contribution in [2.75, 3.05) is 6.61 Å². The molecule has 106 valence electrons. The average Bonchev–Trinajstić information content (AvgIpc) is 2.27. The molecule has 0 saturated heterocycles. The van der Waals surface area contributed by atoms with E-state index in [1.165, 1.54) is 13.8 Å². The van der Waals surface area contributed by atoms with Gasteiger partial charge in [-0.3, -0.25) is 4.79 Å². The molecule has 0 aliphatic carbocycles. The zero-order valence-electron chi connectivity index (χ0n) is 10.6. The molecule has 0 aromatic carbocycles. The number of halogens is 3. The van der Waals surface area contributed by atoms with Crippen LogP contribution in [0.15, 0.2) is 12.4 Å². The van der Waals surface area contributed by atoms with Crippen molar-refractivity contribution < 1.29 is 27.4 Å². The van der Waals surface area contributed by atoms with Gasteiger partial charge in [0, 0.05) is 0 Å². The van der Waals surface area contributed by atoms with E-state index < -0.39 is 23.5 Å². The lowest BCUT2D eigenvalue weighted by Gasteiger charge is -2.20. The molecule has 19 heavy (non-hydrogen) atoms. The summed E-state index contributed by atoms with van der Waals surface area (Å²) in [6.07, 6.45) is -3.09. The Morgan fingerprint density at radius 2 is 1.79 bits per heavy atom. The normalized spacial score (nSPS) is 12.1. The summed E-state index contributed by atoms with van der Waals surface area (Å²) in [5.74, 6) is -1.05. The minimum Gasteiger partial charge on any atom is -0.465 e. The highest BCUT2D eigenvalue weighted by Gasteiger charge is 2.35. The van der Waals surface area contributed by atoms with Crippen molar-refractivity contribution in [2.45, 2.75) is 32.5 Å². The molecule has 0 unspecified atom stereocenters. The summed E-state index contributed by atoms with van der Waals surface area (Å²) >= 11 is 0. The molecular weight excluding hydrogens is 265 g/mol. The molecule has 0 atom stereocenters. The lowest BCUT2D eigenvalue weighted by molar-refractivity contribution is -0.274. The first kappa shape index (κ1) is 15.2. The maximum atomic E-state index is 12.0. The number of rotatable bonds is 4. The summed E-state index contributed by atoms with van der Waals surface area (Å²) in [5, 5.41) is 0. The number of nitrogens with zero attached hydrogens (tertiary/aromatic N) is 2. The van der Waals surface area contributed by atoms with E-state index in [9.17, 15) is 18.0 Å². The van der Waals surface area contributed by atoms with Crippen LogP contribution in [-0.2, 0) is 14.9 Å². The van der Waals surface area contributed by atoms with Gasteiger partial charge in [-0.25, -0.2) is 9.97 Å². The number of hydrogen-bond acceptors (Lipinski definition) is 5. The van der Waals surface area contributed by atoms with Crippen molar-refractivity contribution in [2.24, 2.45) is 0 Å². The molecule has 5 nitrogen and oxygen atoms in total. The van der Waals surface area contributed by atoms with E-state index in [4.69, 9.17) is 4.74 Å². The Kier molecular flexibility index (Phi) is 4.33. The van der Waals surface area contributed by atoms with Crippen LogP contribution in [-0.4, -0.2) is 28.9 Å². The summed E-state index contributed by atoms with van der Waals surface area (Å²) in [6.45, 7) is 4.88. The molecule has 0 fully saturated rings. The van der Waals surface area contributed by atoms with Crippen LogP contribution < -0.4 is 4.74 Å². The molecule has 1 heterocycles. The molecule has 0 N–H and O–H groups in total. The summed E-state index contributed by atoms with van der Waals surface area (Å²) in [7, 11) is 0. The minimum absolute atomic E-state index is 0.0560. The Morgan fingerprint density at radius 3 is 2.21 bits per heavy atom. The Hall–Kier alpha value is -1.86.